The van der Waals surface area contributed by atoms with Crippen LogP contribution in [0.3, 0.4) is 0 Å². The van der Waals surface area contributed by atoms with Crippen LogP contribution in [-0.2, 0) is 14.8 Å². The number of rotatable bonds is 5. The number of sulfonamides is 1. The zero-order valence-corrected chi connectivity index (χ0v) is 16.3. The molecule has 0 saturated carbocycles. The fraction of sp³-hybridized carbons (Fsp3) is 0.588. The Morgan fingerprint density at radius 3 is 2.44 bits per heavy atom. The highest BCUT2D eigenvalue weighted by molar-refractivity contribution is 7.89. The molecule has 1 aromatic carbocycles. The molecule has 1 amide bonds. The average Bonchev–Trinajstić information content (AvgIpc) is 3.32. The molecule has 0 bridgehead atoms. The summed E-state index contributed by atoms with van der Waals surface area (Å²) in [5.74, 6) is -0.115. The molecule has 0 aliphatic carbocycles. The van der Waals surface area contributed by atoms with Crippen molar-refractivity contribution >= 4 is 27.3 Å². The third-order valence-electron chi connectivity index (χ3n) is 5.13. The molecule has 0 aromatic heterocycles. The minimum Gasteiger partial charge on any atom is -0.354 e. The quantitative estimate of drug-likeness (QED) is 0.551. The molecule has 0 radical (unpaired) electrons. The van der Waals surface area contributed by atoms with E-state index in [1.807, 2.05) is 0 Å². The van der Waals surface area contributed by atoms with Crippen LogP contribution in [-0.4, -0.2) is 68.2 Å². The van der Waals surface area contributed by atoms with Gasteiger partial charge in [-0.3, -0.25) is 14.9 Å². The number of hydrogen-bond donors (Lipinski definition) is 0. The van der Waals surface area contributed by atoms with Crippen LogP contribution in [0.2, 0.25) is 0 Å². The van der Waals surface area contributed by atoms with E-state index in [0.29, 0.717) is 26.1 Å². The molecule has 1 aromatic rings. The first-order valence-electron chi connectivity index (χ1n) is 9.00. The second-order valence-electron chi connectivity index (χ2n) is 7.10. The molecule has 2 saturated heterocycles. The molecule has 148 valence electrons. The topological polar surface area (TPSA) is 104 Å². The maximum atomic E-state index is 12.7. The van der Waals surface area contributed by atoms with E-state index in [1.54, 1.807) is 19.0 Å². The summed E-state index contributed by atoms with van der Waals surface area (Å²) in [6, 6.07) is 3.52. The Hall–Kier alpha value is -2.20. The van der Waals surface area contributed by atoms with Crippen LogP contribution in [0.5, 0.6) is 0 Å². The number of benzene rings is 1. The number of anilines is 1. The highest BCUT2D eigenvalue weighted by atomic mass is 32.2. The van der Waals surface area contributed by atoms with Crippen molar-refractivity contribution in [3.8, 4) is 0 Å². The first-order chi connectivity index (χ1) is 12.7. The zero-order valence-electron chi connectivity index (χ0n) is 15.5. The number of nitro benzene ring substituents is 1. The summed E-state index contributed by atoms with van der Waals surface area (Å²) in [7, 11) is -0.440. The molecule has 3 rings (SSSR count). The van der Waals surface area contributed by atoms with Gasteiger partial charge in [0, 0.05) is 39.8 Å². The predicted octanol–water partition coefficient (Wildman–Crippen LogP) is 1.44. The number of carbonyl (C=O) groups excluding carboxylic acids is 1. The van der Waals surface area contributed by atoms with Gasteiger partial charge >= 0.3 is 0 Å². The Labute approximate surface area is 158 Å². The van der Waals surface area contributed by atoms with Gasteiger partial charge in [0.05, 0.1) is 9.82 Å². The van der Waals surface area contributed by atoms with E-state index in [2.05, 4.69) is 0 Å². The van der Waals surface area contributed by atoms with E-state index in [9.17, 15) is 23.3 Å². The first-order valence-corrected chi connectivity index (χ1v) is 10.4. The lowest BCUT2D eigenvalue weighted by Crippen LogP contribution is -2.43. The molecule has 2 aliphatic heterocycles. The summed E-state index contributed by atoms with van der Waals surface area (Å²) < 4.78 is 26.8. The van der Waals surface area contributed by atoms with Crippen LogP contribution >= 0.6 is 0 Å². The Morgan fingerprint density at radius 1 is 1.19 bits per heavy atom. The maximum Gasteiger partial charge on any atom is 0.293 e. The fourth-order valence-corrected chi connectivity index (χ4v) is 5.28. The lowest BCUT2D eigenvalue weighted by molar-refractivity contribution is -0.384. The van der Waals surface area contributed by atoms with E-state index in [-0.39, 0.29) is 22.2 Å². The first kappa shape index (κ1) is 19.6. The maximum absolute atomic E-state index is 12.7. The van der Waals surface area contributed by atoms with Gasteiger partial charge in [-0.15, -0.1) is 0 Å². The van der Waals surface area contributed by atoms with Crippen LogP contribution in [0.25, 0.3) is 0 Å². The predicted molar refractivity (Wildman–Crippen MR) is 100 cm³/mol. The highest BCUT2D eigenvalue weighted by Gasteiger charge is 2.36. The van der Waals surface area contributed by atoms with E-state index in [4.69, 9.17) is 0 Å². The summed E-state index contributed by atoms with van der Waals surface area (Å²) in [6.45, 7) is 1.39. The third-order valence-corrected chi connectivity index (χ3v) is 7.03. The van der Waals surface area contributed by atoms with Crippen LogP contribution < -0.4 is 4.90 Å². The molecule has 2 fully saturated rings. The Morgan fingerprint density at radius 2 is 1.85 bits per heavy atom. The van der Waals surface area contributed by atoms with Crippen molar-refractivity contribution in [1.82, 2.24) is 9.21 Å². The molecule has 2 heterocycles. The second kappa shape index (κ2) is 7.43. The minimum absolute atomic E-state index is 0.0745. The Balaban J connectivity index is 2.00. The SMILES string of the molecule is CN(C)C(=O)[C@H]1CCCN1c1ccc(S(=O)(=O)N2CCCC2)cc1[N+](=O)[O-]. The van der Waals surface area contributed by atoms with E-state index in [0.717, 1.165) is 25.3 Å². The molecule has 27 heavy (non-hydrogen) atoms. The molecule has 10 heteroatoms. The van der Waals surface area contributed by atoms with Gasteiger partial charge in [-0.2, -0.15) is 4.31 Å². The van der Waals surface area contributed by atoms with Crippen molar-refractivity contribution in [3.63, 3.8) is 0 Å². The molecular weight excluding hydrogens is 372 g/mol. The van der Waals surface area contributed by atoms with Crippen molar-refractivity contribution in [2.24, 2.45) is 0 Å². The van der Waals surface area contributed by atoms with Crippen LogP contribution in [0.4, 0.5) is 11.4 Å². The van der Waals surface area contributed by atoms with E-state index >= 15 is 0 Å². The molecule has 9 nitrogen and oxygen atoms in total. The van der Waals surface area contributed by atoms with E-state index in [1.165, 1.54) is 21.3 Å². The van der Waals surface area contributed by atoms with Crippen molar-refractivity contribution in [2.45, 2.75) is 36.6 Å². The highest BCUT2D eigenvalue weighted by Crippen LogP contribution is 2.36. The summed E-state index contributed by atoms with van der Waals surface area (Å²) in [6.07, 6.45) is 2.94. The summed E-state index contributed by atoms with van der Waals surface area (Å²) in [5.41, 5.74) is 0.00630. The van der Waals surface area contributed by atoms with Gasteiger partial charge in [-0.25, -0.2) is 8.42 Å². The Bertz CT molecular complexity index is 849. The average molecular weight is 396 g/mol. The Kier molecular flexibility index (Phi) is 5.38. The van der Waals surface area contributed by atoms with Gasteiger partial charge in [0.25, 0.3) is 5.69 Å². The second-order valence-corrected chi connectivity index (χ2v) is 9.04. The van der Waals surface area contributed by atoms with Crippen LogP contribution in [0, 0.1) is 10.1 Å². The van der Waals surface area contributed by atoms with Gasteiger partial charge in [0.2, 0.25) is 15.9 Å². The van der Waals surface area contributed by atoms with E-state index < -0.39 is 21.0 Å². The summed E-state index contributed by atoms with van der Waals surface area (Å²) in [4.78, 5) is 26.6. The fourth-order valence-electron chi connectivity index (χ4n) is 3.74. The van der Waals surface area contributed by atoms with Crippen molar-refractivity contribution in [2.75, 3.05) is 38.6 Å². The number of carbonyl (C=O) groups is 1. The van der Waals surface area contributed by atoms with Gasteiger partial charge in [0.15, 0.2) is 0 Å². The van der Waals surface area contributed by atoms with Gasteiger partial charge in [0.1, 0.15) is 11.7 Å². The number of amides is 1. The largest absolute Gasteiger partial charge is 0.354 e. The molecule has 2 aliphatic rings. The van der Waals surface area contributed by atoms with Crippen LogP contribution in [0.1, 0.15) is 25.7 Å². The number of nitrogens with zero attached hydrogens (tertiary/aromatic N) is 4. The number of hydrogen-bond acceptors (Lipinski definition) is 6. The minimum atomic E-state index is -3.74. The number of nitro groups is 1. The monoisotopic (exact) mass is 396 g/mol. The standard InChI is InChI=1S/C17H24N4O5S/c1-18(2)17(22)15-6-5-11-20(15)14-8-7-13(12-16(14)21(23)24)27(25,26)19-9-3-4-10-19/h7-8,12,15H,3-6,9-11H2,1-2H3/t15-/m1/s1. The number of likely N-dealkylation sites (N-methyl/N-ethyl adjacent to an activating group) is 1. The van der Waals surface area contributed by atoms with Crippen LogP contribution in [0.15, 0.2) is 23.1 Å². The lowest BCUT2D eigenvalue weighted by atomic mass is 10.1. The summed E-state index contributed by atoms with van der Waals surface area (Å²) in [5, 5.41) is 11.7. The van der Waals surface area contributed by atoms with Gasteiger partial charge in [-0.05, 0) is 37.8 Å². The van der Waals surface area contributed by atoms with Crippen molar-refractivity contribution in [1.29, 1.82) is 0 Å². The third kappa shape index (κ3) is 3.63. The van der Waals surface area contributed by atoms with Gasteiger partial charge in [-0.1, -0.05) is 0 Å². The molecule has 0 spiro atoms. The van der Waals surface area contributed by atoms with Crippen molar-refractivity contribution in [3.05, 3.63) is 28.3 Å². The zero-order chi connectivity index (χ0) is 19.8. The molecule has 0 N–H and O–H groups in total. The molecular formula is C17H24N4O5S. The normalized spacial score (nSPS) is 20.8. The summed E-state index contributed by atoms with van der Waals surface area (Å²) >= 11 is 0. The molecule has 0 unspecified atom stereocenters. The van der Waals surface area contributed by atoms with Crippen molar-refractivity contribution < 1.29 is 18.1 Å². The smallest absolute Gasteiger partial charge is 0.293 e. The van der Waals surface area contributed by atoms with Gasteiger partial charge < -0.3 is 9.80 Å². The molecule has 1 atom stereocenters. The lowest BCUT2D eigenvalue weighted by Gasteiger charge is -2.28.